The van der Waals surface area contributed by atoms with Crippen LogP contribution in [0.2, 0.25) is 0 Å². The van der Waals surface area contributed by atoms with Crippen LogP contribution >= 0.6 is 12.6 Å². The third kappa shape index (κ3) is 7.23. The summed E-state index contributed by atoms with van der Waals surface area (Å²) >= 11 is 4.14. The molecule has 0 aromatic carbocycles. The molecule has 0 aliphatic rings. The van der Waals surface area contributed by atoms with Gasteiger partial charge in [-0.25, -0.2) is 0 Å². The van der Waals surface area contributed by atoms with Crippen molar-refractivity contribution in [1.29, 1.82) is 0 Å². The Morgan fingerprint density at radius 1 is 1.60 bits per heavy atom. The zero-order valence-electron chi connectivity index (χ0n) is 6.34. The number of carbonyl (C=O) groups excluding carboxylic acids is 1. The number of rotatable bonds is 5. The van der Waals surface area contributed by atoms with Crippen molar-refractivity contribution in [2.45, 2.75) is 26.2 Å². The molecule has 1 unspecified atom stereocenters. The monoisotopic (exact) mass is 234 g/mol. The van der Waals surface area contributed by atoms with Crippen molar-refractivity contribution < 1.29 is 37.5 Å². The van der Waals surface area contributed by atoms with Gasteiger partial charge in [-0.15, -0.1) is 0 Å². The normalized spacial score (nSPS) is 11.8. The molecule has 1 radical (unpaired) electrons. The third-order valence-electron chi connectivity index (χ3n) is 1.49. The minimum atomic E-state index is 0. The molecule has 0 fully saturated rings. The zero-order valence-corrected chi connectivity index (χ0v) is 10.1. The Labute approximate surface area is 93.6 Å². The van der Waals surface area contributed by atoms with E-state index in [0.717, 1.165) is 18.6 Å². The van der Waals surface area contributed by atoms with E-state index in [2.05, 4.69) is 19.6 Å². The van der Waals surface area contributed by atoms with Crippen LogP contribution in [0.25, 0.3) is 0 Å². The molecule has 0 aliphatic heterocycles. The van der Waals surface area contributed by atoms with E-state index in [9.17, 15) is 4.79 Å². The minimum Gasteiger partial charge on any atom is -0.542 e. The van der Waals surface area contributed by atoms with Crippen molar-refractivity contribution in [2.75, 3.05) is 5.75 Å². The fourth-order valence-corrected chi connectivity index (χ4v) is 1.13. The van der Waals surface area contributed by atoms with Crippen LogP contribution in [-0.4, -0.2) is 12.0 Å². The molecule has 0 saturated carbocycles. The van der Waals surface area contributed by atoms with Gasteiger partial charge in [0, 0.05) is 32.7 Å². The van der Waals surface area contributed by atoms with Crippen LogP contribution in [0.3, 0.4) is 0 Å². The van der Waals surface area contributed by atoms with Crippen LogP contribution in [0, 0.1) is 5.92 Å². The van der Waals surface area contributed by atoms with Gasteiger partial charge in [-0.05, 0) is 11.7 Å². The molecule has 0 spiro atoms. The summed E-state index contributed by atoms with van der Waals surface area (Å²) in [6.07, 6.45) is 4.52. The van der Waals surface area contributed by atoms with Gasteiger partial charge in [0.25, 0.3) is 0 Å². The maximum atomic E-state index is 9.79. The molecule has 0 rings (SSSR count). The van der Waals surface area contributed by atoms with Gasteiger partial charge in [0.2, 0.25) is 0 Å². The molecular weight excluding hydrogens is 221 g/mol. The molecule has 0 aromatic heterocycles. The van der Waals surface area contributed by atoms with Crippen LogP contribution in [0.15, 0.2) is 0 Å². The van der Waals surface area contributed by atoms with Crippen LogP contribution in [0.4, 0.5) is 0 Å². The predicted octanol–water partition coefficient (Wildman–Crippen LogP) is 1.83. The molecule has 0 bridgehead atoms. The average molecular weight is 234 g/mol. The maximum Gasteiger partial charge on any atom is 0 e. The summed E-state index contributed by atoms with van der Waals surface area (Å²) in [5.74, 6) is 1.49. The average Bonchev–Trinajstić information content (AvgIpc) is 1.91. The van der Waals surface area contributed by atoms with Gasteiger partial charge in [0.1, 0.15) is 0 Å². The number of hydrogen-bond acceptors (Lipinski definition) is 2. The van der Waals surface area contributed by atoms with Crippen molar-refractivity contribution in [3.63, 3.8) is 0 Å². The van der Waals surface area contributed by atoms with Gasteiger partial charge in [0.05, 0.1) is 0 Å². The molecule has 0 amide bonds. The Bertz CT molecular complexity index is 74.0. The topological polar surface area (TPSA) is 17.1 Å². The number of hydrogen-bond donors (Lipinski definition) is 1. The van der Waals surface area contributed by atoms with Crippen molar-refractivity contribution in [1.82, 2.24) is 0 Å². The quantitative estimate of drug-likeness (QED) is 0.567. The van der Waals surface area contributed by atoms with Gasteiger partial charge in [-0.2, -0.15) is 19.0 Å². The fourth-order valence-electron chi connectivity index (χ4n) is 0.688. The summed E-state index contributed by atoms with van der Waals surface area (Å²) in [5.41, 5.74) is 0. The summed E-state index contributed by atoms with van der Waals surface area (Å²) in [5, 5.41) is 0. The van der Waals surface area contributed by atoms with Gasteiger partial charge in [-0.3, -0.25) is 6.29 Å². The number of thiol groups is 1. The molecule has 0 heterocycles. The summed E-state index contributed by atoms with van der Waals surface area (Å²) in [7, 11) is 0. The van der Waals surface area contributed by atoms with Crippen molar-refractivity contribution in [3.8, 4) is 0 Å². The second-order valence-corrected chi connectivity index (χ2v) is 2.51. The zero-order chi connectivity index (χ0) is 7.11. The molecule has 0 N–H and O–H groups in total. The van der Waals surface area contributed by atoms with E-state index in [1.54, 1.807) is 0 Å². The Kier molecular flexibility index (Phi) is 13.9. The Hall–Kier alpha value is 1.12. The first-order chi connectivity index (χ1) is 4.35. The molecule has 0 aromatic rings. The second-order valence-electron chi connectivity index (χ2n) is 2.14. The Balaban J connectivity index is 0. The molecule has 1 nitrogen and oxygen atoms in total. The van der Waals surface area contributed by atoms with E-state index in [-0.39, 0.29) is 32.7 Å². The molecule has 3 heteroatoms. The Morgan fingerprint density at radius 3 is 2.50 bits per heavy atom. The molecule has 1 atom stereocenters. The van der Waals surface area contributed by atoms with E-state index >= 15 is 0 Å². The Morgan fingerprint density at radius 2 is 2.20 bits per heavy atom. The SMILES string of the molecule is CCC(CS)CC[C-]=O.[Y]. The van der Waals surface area contributed by atoms with Gasteiger partial charge < -0.3 is 4.79 Å². The smallest absolute Gasteiger partial charge is 0 e. The predicted molar refractivity (Wildman–Crippen MR) is 42.6 cm³/mol. The van der Waals surface area contributed by atoms with Crippen LogP contribution in [-0.2, 0) is 37.5 Å². The third-order valence-corrected chi connectivity index (χ3v) is 2.01. The summed E-state index contributed by atoms with van der Waals surface area (Å²) in [6, 6.07) is 0. The fraction of sp³-hybridized carbons (Fsp3) is 0.857. The molecule has 0 saturated heterocycles. The van der Waals surface area contributed by atoms with E-state index < -0.39 is 0 Å². The molecular formula is C7H13OSY-. The van der Waals surface area contributed by atoms with Gasteiger partial charge >= 0.3 is 0 Å². The van der Waals surface area contributed by atoms with Gasteiger partial charge in [0.15, 0.2) is 0 Å². The first kappa shape index (κ1) is 13.7. The van der Waals surface area contributed by atoms with Gasteiger partial charge in [-0.1, -0.05) is 19.8 Å². The first-order valence-corrected chi connectivity index (χ1v) is 3.94. The van der Waals surface area contributed by atoms with E-state index in [4.69, 9.17) is 0 Å². The van der Waals surface area contributed by atoms with E-state index in [0.29, 0.717) is 12.3 Å². The molecule has 57 valence electrons. The minimum absolute atomic E-state index is 0. The first-order valence-electron chi connectivity index (χ1n) is 3.31. The summed E-state index contributed by atoms with van der Waals surface area (Å²) in [4.78, 5) is 9.79. The largest absolute Gasteiger partial charge is 0.542 e. The standard InChI is InChI=1S/C7H13OS.Y/c1-2-7(6-9)4-3-5-8;/h7,9H,2-4,6H2,1H3;/q-1;. The molecule has 10 heavy (non-hydrogen) atoms. The van der Waals surface area contributed by atoms with Crippen LogP contribution in [0.1, 0.15) is 26.2 Å². The summed E-state index contributed by atoms with van der Waals surface area (Å²) < 4.78 is 0. The van der Waals surface area contributed by atoms with Crippen molar-refractivity contribution in [3.05, 3.63) is 0 Å². The summed E-state index contributed by atoms with van der Waals surface area (Å²) in [6.45, 7) is 2.12. The van der Waals surface area contributed by atoms with Crippen LogP contribution in [0.5, 0.6) is 0 Å². The van der Waals surface area contributed by atoms with E-state index in [1.807, 2.05) is 6.29 Å². The van der Waals surface area contributed by atoms with E-state index in [1.165, 1.54) is 0 Å². The van der Waals surface area contributed by atoms with Crippen LogP contribution < -0.4 is 0 Å². The van der Waals surface area contributed by atoms with Crippen molar-refractivity contribution >= 4 is 18.9 Å². The second kappa shape index (κ2) is 10.1. The maximum absolute atomic E-state index is 9.79. The van der Waals surface area contributed by atoms with Crippen molar-refractivity contribution in [2.24, 2.45) is 5.92 Å². The molecule has 0 aliphatic carbocycles.